The second-order valence-corrected chi connectivity index (χ2v) is 5.18. The summed E-state index contributed by atoms with van der Waals surface area (Å²) in [5.74, 6) is 5.27. The molecule has 100 valence electrons. The standard InChI is InChI=1S/C13H16N4OS/c1-9-12(19-8-15-9)7-17(2)13(18)10-3-5-11(16-14)6-4-10/h3-6,8,16H,7,14H2,1-2H3. The summed E-state index contributed by atoms with van der Waals surface area (Å²) in [6.07, 6.45) is 0. The summed E-state index contributed by atoms with van der Waals surface area (Å²) in [4.78, 5) is 19.2. The van der Waals surface area contributed by atoms with E-state index in [4.69, 9.17) is 5.84 Å². The quantitative estimate of drug-likeness (QED) is 0.662. The SMILES string of the molecule is Cc1ncsc1CN(C)C(=O)c1ccc(NN)cc1. The number of nitrogens with one attached hydrogen (secondary N) is 1. The van der Waals surface area contributed by atoms with Crippen LogP contribution < -0.4 is 11.3 Å². The van der Waals surface area contributed by atoms with Crippen molar-refractivity contribution in [2.24, 2.45) is 5.84 Å². The van der Waals surface area contributed by atoms with Crippen molar-refractivity contribution in [2.45, 2.75) is 13.5 Å². The van der Waals surface area contributed by atoms with E-state index in [0.29, 0.717) is 12.1 Å². The number of amides is 1. The van der Waals surface area contributed by atoms with Crippen LogP contribution in [0.3, 0.4) is 0 Å². The molecule has 0 aliphatic carbocycles. The number of hydrogen-bond donors (Lipinski definition) is 2. The van der Waals surface area contributed by atoms with Crippen molar-refractivity contribution in [1.82, 2.24) is 9.88 Å². The zero-order valence-corrected chi connectivity index (χ0v) is 11.7. The Morgan fingerprint density at radius 3 is 2.63 bits per heavy atom. The number of carbonyl (C=O) groups is 1. The number of anilines is 1. The molecule has 1 heterocycles. The maximum atomic E-state index is 12.2. The zero-order valence-electron chi connectivity index (χ0n) is 10.9. The lowest BCUT2D eigenvalue weighted by molar-refractivity contribution is 0.0786. The number of nitrogen functional groups attached to an aromatic ring is 1. The van der Waals surface area contributed by atoms with Crippen molar-refractivity contribution in [1.29, 1.82) is 0 Å². The Kier molecular flexibility index (Phi) is 4.13. The normalized spacial score (nSPS) is 10.3. The number of carbonyl (C=O) groups excluding carboxylic acids is 1. The van der Waals surface area contributed by atoms with E-state index < -0.39 is 0 Å². The van der Waals surface area contributed by atoms with Gasteiger partial charge in [0.1, 0.15) is 0 Å². The van der Waals surface area contributed by atoms with Crippen LogP contribution in [0.4, 0.5) is 5.69 Å². The molecule has 1 amide bonds. The molecule has 2 aromatic rings. The summed E-state index contributed by atoms with van der Waals surface area (Å²) in [5, 5.41) is 0. The third-order valence-electron chi connectivity index (χ3n) is 2.87. The van der Waals surface area contributed by atoms with E-state index in [0.717, 1.165) is 16.3 Å². The lowest BCUT2D eigenvalue weighted by Gasteiger charge is -2.16. The first-order chi connectivity index (χ1) is 9.11. The summed E-state index contributed by atoms with van der Waals surface area (Å²) in [5.41, 5.74) is 6.73. The van der Waals surface area contributed by atoms with Gasteiger partial charge in [-0.05, 0) is 31.2 Å². The molecule has 5 nitrogen and oxygen atoms in total. The predicted molar refractivity (Wildman–Crippen MR) is 76.9 cm³/mol. The molecule has 1 aromatic heterocycles. The minimum absolute atomic E-state index is 0.0172. The van der Waals surface area contributed by atoms with Crippen molar-refractivity contribution in [3.05, 3.63) is 45.9 Å². The second-order valence-electron chi connectivity index (χ2n) is 4.24. The zero-order chi connectivity index (χ0) is 13.8. The van der Waals surface area contributed by atoms with E-state index in [1.54, 1.807) is 53.1 Å². The smallest absolute Gasteiger partial charge is 0.253 e. The van der Waals surface area contributed by atoms with Crippen LogP contribution in [0, 0.1) is 6.92 Å². The molecule has 0 atom stereocenters. The van der Waals surface area contributed by atoms with Gasteiger partial charge < -0.3 is 10.3 Å². The summed E-state index contributed by atoms with van der Waals surface area (Å²) in [7, 11) is 1.79. The Bertz CT molecular complexity index is 564. The number of aryl methyl sites for hydroxylation is 1. The molecule has 0 saturated carbocycles. The maximum absolute atomic E-state index is 12.2. The Balaban J connectivity index is 2.08. The van der Waals surface area contributed by atoms with Crippen LogP contribution in [0.15, 0.2) is 29.8 Å². The molecular weight excluding hydrogens is 260 g/mol. The third kappa shape index (κ3) is 3.10. The average Bonchev–Trinajstić information content (AvgIpc) is 2.83. The number of nitrogens with two attached hydrogens (primary N) is 1. The molecule has 0 aliphatic rings. The van der Waals surface area contributed by atoms with E-state index in [1.165, 1.54) is 0 Å². The number of aromatic nitrogens is 1. The van der Waals surface area contributed by atoms with E-state index in [-0.39, 0.29) is 5.91 Å². The molecule has 6 heteroatoms. The maximum Gasteiger partial charge on any atom is 0.253 e. The third-order valence-corrected chi connectivity index (χ3v) is 3.79. The molecule has 0 bridgehead atoms. The first-order valence-electron chi connectivity index (χ1n) is 5.83. The van der Waals surface area contributed by atoms with Crippen molar-refractivity contribution >= 4 is 22.9 Å². The fourth-order valence-corrected chi connectivity index (χ4v) is 2.52. The van der Waals surface area contributed by atoms with Crippen LogP contribution in [-0.4, -0.2) is 22.8 Å². The van der Waals surface area contributed by atoms with E-state index in [1.807, 2.05) is 6.92 Å². The minimum atomic E-state index is -0.0172. The number of benzene rings is 1. The summed E-state index contributed by atoms with van der Waals surface area (Å²) in [6.45, 7) is 2.53. The van der Waals surface area contributed by atoms with Gasteiger partial charge in [0.2, 0.25) is 0 Å². The molecule has 0 saturated heterocycles. The molecule has 2 rings (SSSR count). The van der Waals surface area contributed by atoms with Gasteiger partial charge in [0.25, 0.3) is 5.91 Å². The fourth-order valence-electron chi connectivity index (χ4n) is 1.69. The Morgan fingerprint density at radius 1 is 1.42 bits per heavy atom. The Labute approximate surface area is 116 Å². The highest BCUT2D eigenvalue weighted by Gasteiger charge is 2.13. The average molecular weight is 276 g/mol. The highest BCUT2D eigenvalue weighted by molar-refractivity contribution is 7.09. The first-order valence-corrected chi connectivity index (χ1v) is 6.71. The number of rotatable bonds is 4. The number of hydrazine groups is 1. The lowest BCUT2D eigenvalue weighted by atomic mass is 10.2. The molecule has 1 aromatic carbocycles. The van der Waals surface area contributed by atoms with E-state index in [2.05, 4.69) is 10.4 Å². The van der Waals surface area contributed by atoms with Crippen LogP contribution in [0.1, 0.15) is 20.9 Å². The lowest BCUT2D eigenvalue weighted by Crippen LogP contribution is -2.26. The molecule has 0 radical (unpaired) electrons. The predicted octanol–water partition coefficient (Wildman–Crippen LogP) is 2.01. The molecule has 3 N–H and O–H groups in total. The van der Waals surface area contributed by atoms with Gasteiger partial charge in [-0.2, -0.15) is 0 Å². The van der Waals surface area contributed by atoms with Crippen molar-refractivity contribution in [3.8, 4) is 0 Å². The number of thiazole rings is 1. The van der Waals surface area contributed by atoms with Gasteiger partial charge in [-0.15, -0.1) is 11.3 Å². The summed E-state index contributed by atoms with van der Waals surface area (Å²) < 4.78 is 0. The topological polar surface area (TPSA) is 71.2 Å². The van der Waals surface area contributed by atoms with Crippen LogP contribution in [-0.2, 0) is 6.54 Å². The van der Waals surface area contributed by atoms with Crippen LogP contribution in [0.5, 0.6) is 0 Å². The minimum Gasteiger partial charge on any atom is -0.336 e. The van der Waals surface area contributed by atoms with Gasteiger partial charge in [-0.1, -0.05) is 0 Å². The van der Waals surface area contributed by atoms with Gasteiger partial charge in [0.15, 0.2) is 0 Å². The van der Waals surface area contributed by atoms with Crippen LogP contribution >= 0.6 is 11.3 Å². The van der Waals surface area contributed by atoms with Crippen molar-refractivity contribution in [2.75, 3.05) is 12.5 Å². The highest BCUT2D eigenvalue weighted by atomic mass is 32.1. The van der Waals surface area contributed by atoms with Crippen LogP contribution in [0.25, 0.3) is 0 Å². The van der Waals surface area contributed by atoms with Gasteiger partial charge in [0.05, 0.1) is 17.7 Å². The second kappa shape index (κ2) is 5.81. The number of hydrogen-bond acceptors (Lipinski definition) is 5. The summed E-state index contributed by atoms with van der Waals surface area (Å²) in [6, 6.07) is 7.07. The highest BCUT2D eigenvalue weighted by Crippen LogP contribution is 2.16. The molecule has 0 fully saturated rings. The fraction of sp³-hybridized carbons (Fsp3) is 0.231. The van der Waals surface area contributed by atoms with Gasteiger partial charge in [-0.25, -0.2) is 4.98 Å². The molecule has 0 aliphatic heterocycles. The van der Waals surface area contributed by atoms with Gasteiger partial charge in [-0.3, -0.25) is 10.6 Å². The van der Waals surface area contributed by atoms with Gasteiger partial charge >= 0.3 is 0 Å². The van der Waals surface area contributed by atoms with Crippen molar-refractivity contribution in [3.63, 3.8) is 0 Å². The van der Waals surface area contributed by atoms with Gasteiger partial charge in [0, 0.05) is 23.2 Å². The first kappa shape index (κ1) is 13.5. The van der Waals surface area contributed by atoms with E-state index >= 15 is 0 Å². The van der Waals surface area contributed by atoms with Crippen LogP contribution in [0.2, 0.25) is 0 Å². The molecule has 19 heavy (non-hydrogen) atoms. The Morgan fingerprint density at radius 2 is 2.11 bits per heavy atom. The molecule has 0 spiro atoms. The molecule has 0 unspecified atom stereocenters. The summed E-state index contributed by atoms with van der Waals surface area (Å²) >= 11 is 1.57. The Hall–Kier alpha value is -1.92. The number of nitrogens with zero attached hydrogens (tertiary/aromatic N) is 2. The monoisotopic (exact) mass is 276 g/mol. The molecular formula is C13H16N4OS. The van der Waals surface area contributed by atoms with E-state index in [9.17, 15) is 4.79 Å². The van der Waals surface area contributed by atoms with Crippen molar-refractivity contribution < 1.29 is 4.79 Å². The largest absolute Gasteiger partial charge is 0.336 e.